The number of nitrogens with zero attached hydrogens (tertiary/aromatic N) is 2. The summed E-state index contributed by atoms with van der Waals surface area (Å²) < 4.78 is 5.44. The fraction of sp³-hybridized carbons (Fsp3) is 0.286. The van der Waals surface area contributed by atoms with Gasteiger partial charge in [0.05, 0.1) is 5.75 Å². The first-order chi connectivity index (χ1) is 13.0. The highest BCUT2D eigenvalue weighted by Crippen LogP contribution is 2.25. The third kappa shape index (κ3) is 4.98. The smallest absolute Gasteiger partial charge is 0.249 e. The van der Waals surface area contributed by atoms with Crippen LogP contribution in [0.15, 0.2) is 64.0 Å². The largest absolute Gasteiger partial charge is 0.343 e. The monoisotopic (exact) mass is 381 g/mol. The minimum absolute atomic E-state index is 0.0542. The molecular formula is C21H23N3O2S. The molecule has 0 bridgehead atoms. The molecular weight excluding hydrogens is 358 g/mol. The number of hydrogen-bond acceptors (Lipinski definition) is 5. The van der Waals surface area contributed by atoms with Crippen molar-refractivity contribution in [3.8, 4) is 11.4 Å². The van der Waals surface area contributed by atoms with E-state index in [1.54, 1.807) is 0 Å². The van der Waals surface area contributed by atoms with Gasteiger partial charge in [-0.05, 0) is 24.5 Å². The minimum Gasteiger partial charge on any atom is -0.343 e. The van der Waals surface area contributed by atoms with Crippen molar-refractivity contribution in [2.45, 2.75) is 31.7 Å². The van der Waals surface area contributed by atoms with E-state index in [0.717, 1.165) is 10.5 Å². The predicted molar refractivity (Wildman–Crippen MR) is 107 cm³/mol. The van der Waals surface area contributed by atoms with Crippen LogP contribution in [0.4, 0.5) is 0 Å². The summed E-state index contributed by atoms with van der Waals surface area (Å²) in [7, 11) is 0. The van der Waals surface area contributed by atoms with Crippen LogP contribution in [0.5, 0.6) is 0 Å². The van der Waals surface area contributed by atoms with Crippen LogP contribution in [0.3, 0.4) is 0 Å². The van der Waals surface area contributed by atoms with Gasteiger partial charge in [-0.25, -0.2) is 0 Å². The second kappa shape index (κ2) is 8.86. The van der Waals surface area contributed by atoms with Gasteiger partial charge in [-0.3, -0.25) is 4.79 Å². The second-order valence-corrected chi connectivity index (χ2v) is 7.68. The van der Waals surface area contributed by atoms with Crippen LogP contribution in [-0.2, 0) is 4.79 Å². The Bertz CT molecular complexity index is 893. The summed E-state index contributed by atoms with van der Waals surface area (Å²) in [5.74, 6) is 1.37. The zero-order valence-electron chi connectivity index (χ0n) is 15.7. The fourth-order valence-electron chi connectivity index (χ4n) is 2.66. The molecule has 0 aliphatic carbocycles. The van der Waals surface area contributed by atoms with E-state index >= 15 is 0 Å². The average Bonchev–Trinajstić information content (AvgIpc) is 3.16. The fourth-order valence-corrected chi connectivity index (χ4v) is 3.50. The van der Waals surface area contributed by atoms with Crippen LogP contribution in [0.2, 0.25) is 0 Å². The van der Waals surface area contributed by atoms with Crippen LogP contribution in [-0.4, -0.2) is 21.8 Å². The average molecular weight is 382 g/mol. The van der Waals surface area contributed by atoms with Crippen molar-refractivity contribution in [1.82, 2.24) is 15.5 Å². The molecule has 3 aromatic rings. The lowest BCUT2D eigenvalue weighted by molar-refractivity contribution is -0.119. The number of hydrogen-bond donors (Lipinski definition) is 1. The number of amides is 1. The molecule has 1 N–H and O–H groups in total. The van der Waals surface area contributed by atoms with Gasteiger partial charge in [0.15, 0.2) is 0 Å². The summed E-state index contributed by atoms with van der Waals surface area (Å²) >= 11 is 1.53. The topological polar surface area (TPSA) is 68.0 Å². The number of carbonyl (C=O) groups excluding carboxylic acids is 1. The van der Waals surface area contributed by atoms with Crippen molar-refractivity contribution in [1.29, 1.82) is 0 Å². The van der Waals surface area contributed by atoms with Gasteiger partial charge in [-0.15, -0.1) is 11.8 Å². The highest BCUT2D eigenvalue weighted by atomic mass is 32.2. The van der Waals surface area contributed by atoms with Gasteiger partial charge in [-0.1, -0.05) is 67.5 Å². The molecule has 0 radical (unpaired) electrons. The summed E-state index contributed by atoms with van der Waals surface area (Å²) in [4.78, 5) is 18.1. The molecule has 1 amide bonds. The Morgan fingerprint density at radius 1 is 1.11 bits per heavy atom. The lowest BCUT2D eigenvalue weighted by Crippen LogP contribution is -2.33. The van der Waals surface area contributed by atoms with E-state index < -0.39 is 0 Å². The first-order valence-corrected chi connectivity index (χ1v) is 9.90. The molecule has 140 valence electrons. The molecule has 0 spiro atoms. The summed E-state index contributed by atoms with van der Waals surface area (Å²) in [5, 5.41) is 7.09. The van der Waals surface area contributed by atoms with Crippen molar-refractivity contribution in [3.63, 3.8) is 0 Å². The van der Waals surface area contributed by atoms with Crippen LogP contribution in [0.25, 0.3) is 11.4 Å². The molecule has 1 atom stereocenters. The molecule has 6 heteroatoms. The van der Waals surface area contributed by atoms with Crippen molar-refractivity contribution in [3.05, 3.63) is 66.1 Å². The summed E-state index contributed by atoms with van der Waals surface area (Å²) in [6.45, 7) is 6.08. The standard InChI is InChI=1S/C21H23N3O2S/c1-14(2)19(21-23-20(24-26-21)16-10-5-4-6-11-16)22-18(25)13-27-17-12-8-7-9-15(17)3/h4-12,14,19H,13H2,1-3H3,(H,22,25)/t19-/m1/s1. The Kier molecular flexibility index (Phi) is 6.29. The molecule has 0 aliphatic rings. The van der Waals surface area contributed by atoms with Gasteiger partial charge < -0.3 is 9.84 Å². The minimum atomic E-state index is -0.320. The summed E-state index contributed by atoms with van der Waals surface area (Å²) in [6, 6.07) is 17.4. The predicted octanol–water partition coefficient (Wildman–Crippen LogP) is 4.65. The van der Waals surface area contributed by atoms with E-state index in [-0.39, 0.29) is 17.9 Å². The number of benzene rings is 2. The molecule has 0 saturated carbocycles. The van der Waals surface area contributed by atoms with Crippen LogP contribution < -0.4 is 5.32 Å². The quantitative estimate of drug-likeness (QED) is 0.603. The van der Waals surface area contributed by atoms with Gasteiger partial charge in [0.25, 0.3) is 0 Å². The van der Waals surface area contributed by atoms with Crippen molar-refractivity contribution < 1.29 is 9.32 Å². The summed E-state index contributed by atoms with van der Waals surface area (Å²) in [6.07, 6.45) is 0. The first-order valence-electron chi connectivity index (χ1n) is 8.91. The zero-order valence-corrected chi connectivity index (χ0v) is 16.5. The SMILES string of the molecule is Cc1ccccc1SCC(=O)N[C@@H](c1nc(-c2ccccc2)no1)C(C)C. The number of rotatable bonds is 7. The Balaban J connectivity index is 1.66. The summed E-state index contributed by atoms with van der Waals surface area (Å²) in [5.41, 5.74) is 2.05. The van der Waals surface area contributed by atoms with Gasteiger partial charge in [0.1, 0.15) is 6.04 Å². The number of nitrogens with one attached hydrogen (secondary N) is 1. The Hall–Kier alpha value is -2.60. The van der Waals surface area contributed by atoms with Gasteiger partial charge in [-0.2, -0.15) is 4.98 Å². The van der Waals surface area contributed by atoms with Crippen molar-refractivity contribution in [2.24, 2.45) is 5.92 Å². The molecule has 3 rings (SSSR count). The van der Waals surface area contributed by atoms with E-state index in [2.05, 4.69) is 15.5 Å². The lowest BCUT2D eigenvalue weighted by atomic mass is 10.0. The first kappa shape index (κ1) is 19.2. The maximum Gasteiger partial charge on any atom is 0.249 e. The molecule has 1 heterocycles. The molecule has 0 fully saturated rings. The molecule has 0 saturated heterocycles. The third-order valence-electron chi connectivity index (χ3n) is 4.18. The van der Waals surface area contributed by atoms with Crippen molar-refractivity contribution >= 4 is 17.7 Å². The highest BCUT2D eigenvalue weighted by molar-refractivity contribution is 8.00. The zero-order chi connectivity index (χ0) is 19.2. The molecule has 1 aromatic heterocycles. The number of aryl methyl sites for hydroxylation is 1. The Morgan fingerprint density at radius 3 is 2.52 bits per heavy atom. The van der Waals surface area contributed by atoms with Crippen LogP contribution in [0, 0.1) is 12.8 Å². The number of aromatic nitrogens is 2. The Labute approximate surface area is 163 Å². The van der Waals surface area contributed by atoms with E-state index in [1.807, 2.05) is 75.4 Å². The van der Waals surface area contributed by atoms with E-state index in [1.165, 1.54) is 17.3 Å². The van der Waals surface area contributed by atoms with Gasteiger partial charge in [0, 0.05) is 10.5 Å². The normalized spacial score (nSPS) is 12.1. The van der Waals surface area contributed by atoms with E-state index in [4.69, 9.17) is 4.52 Å². The number of carbonyl (C=O) groups is 1. The number of thioether (sulfide) groups is 1. The lowest BCUT2D eigenvalue weighted by Gasteiger charge is -2.18. The van der Waals surface area contributed by atoms with Crippen LogP contribution in [0.1, 0.15) is 31.3 Å². The Morgan fingerprint density at radius 2 is 1.81 bits per heavy atom. The molecule has 5 nitrogen and oxygen atoms in total. The molecule has 0 aliphatic heterocycles. The van der Waals surface area contributed by atoms with E-state index in [0.29, 0.717) is 17.5 Å². The maximum absolute atomic E-state index is 12.5. The molecule has 27 heavy (non-hydrogen) atoms. The molecule has 2 aromatic carbocycles. The second-order valence-electron chi connectivity index (χ2n) is 6.67. The third-order valence-corrected chi connectivity index (χ3v) is 5.35. The van der Waals surface area contributed by atoms with Crippen LogP contribution >= 0.6 is 11.8 Å². The van der Waals surface area contributed by atoms with E-state index in [9.17, 15) is 4.79 Å². The maximum atomic E-state index is 12.5. The highest BCUT2D eigenvalue weighted by Gasteiger charge is 2.25. The molecule has 0 unspecified atom stereocenters. The van der Waals surface area contributed by atoms with Gasteiger partial charge >= 0.3 is 0 Å². The van der Waals surface area contributed by atoms with Gasteiger partial charge in [0.2, 0.25) is 17.6 Å². The van der Waals surface area contributed by atoms with Crippen molar-refractivity contribution in [2.75, 3.05) is 5.75 Å².